The highest BCUT2D eigenvalue weighted by Gasteiger charge is 2.31. The van der Waals surface area contributed by atoms with Crippen LogP contribution in [0.5, 0.6) is 0 Å². The monoisotopic (exact) mass is 253 g/mol. The molecule has 1 aliphatic carbocycles. The lowest BCUT2D eigenvalue weighted by atomic mass is 9.94. The number of nitrogens with one attached hydrogen (secondary N) is 1. The van der Waals surface area contributed by atoms with Crippen molar-refractivity contribution in [3.63, 3.8) is 0 Å². The number of amides is 1. The Morgan fingerprint density at radius 3 is 2.88 bits per heavy atom. The summed E-state index contributed by atoms with van der Waals surface area (Å²) in [5.74, 6) is 0.0576. The van der Waals surface area contributed by atoms with Gasteiger partial charge in [-0.25, -0.2) is 4.98 Å². The highest BCUT2D eigenvalue weighted by molar-refractivity contribution is 7.09. The molecule has 4 nitrogen and oxygen atoms in total. The Morgan fingerprint density at radius 2 is 2.29 bits per heavy atom. The molecular weight excluding hydrogens is 234 g/mol. The van der Waals surface area contributed by atoms with Crippen LogP contribution in [0.2, 0.25) is 0 Å². The first-order valence-corrected chi connectivity index (χ1v) is 6.92. The predicted octanol–water partition coefficient (Wildman–Crippen LogP) is 1.73. The molecule has 1 saturated carbocycles. The van der Waals surface area contributed by atoms with Crippen molar-refractivity contribution in [3.8, 4) is 0 Å². The van der Waals surface area contributed by atoms with Crippen molar-refractivity contribution in [1.29, 1.82) is 0 Å². The molecule has 0 bridgehead atoms. The zero-order valence-electron chi connectivity index (χ0n) is 10.2. The number of carbonyl (C=O) groups excluding carboxylic acids is 1. The topological polar surface area (TPSA) is 68.0 Å². The molecule has 1 aromatic heterocycles. The van der Waals surface area contributed by atoms with Crippen LogP contribution in [0.15, 0.2) is 5.51 Å². The SMILES string of the molecule is Cc1ncsc1CNC(=O)CC1(N)CCCC1. The van der Waals surface area contributed by atoms with Gasteiger partial charge in [-0.15, -0.1) is 11.3 Å². The van der Waals surface area contributed by atoms with Gasteiger partial charge in [-0.05, 0) is 19.8 Å². The van der Waals surface area contributed by atoms with E-state index in [0.29, 0.717) is 13.0 Å². The molecule has 0 spiro atoms. The Bertz CT molecular complexity index is 396. The van der Waals surface area contributed by atoms with Gasteiger partial charge in [0.05, 0.1) is 17.7 Å². The van der Waals surface area contributed by atoms with E-state index in [9.17, 15) is 4.79 Å². The van der Waals surface area contributed by atoms with Gasteiger partial charge in [0.25, 0.3) is 0 Å². The third kappa shape index (κ3) is 3.26. The number of thiazole rings is 1. The average molecular weight is 253 g/mol. The fraction of sp³-hybridized carbons (Fsp3) is 0.667. The second-order valence-electron chi connectivity index (χ2n) is 4.88. The van der Waals surface area contributed by atoms with Crippen molar-refractivity contribution >= 4 is 17.2 Å². The number of hydrogen-bond acceptors (Lipinski definition) is 4. The van der Waals surface area contributed by atoms with Gasteiger partial charge in [0.2, 0.25) is 5.91 Å². The summed E-state index contributed by atoms with van der Waals surface area (Å²) in [5.41, 5.74) is 8.71. The van der Waals surface area contributed by atoms with Gasteiger partial charge in [0, 0.05) is 16.8 Å². The molecule has 0 atom stereocenters. The van der Waals surface area contributed by atoms with E-state index >= 15 is 0 Å². The molecule has 5 heteroatoms. The minimum absolute atomic E-state index is 0.0576. The summed E-state index contributed by atoms with van der Waals surface area (Å²) >= 11 is 1.58. The van der Waals surface area contributed by atoms with E-state index in [1.54, 1.807) is 16.8 Å². The first-order chi connectivity index (χ1) is 8.09. The van der Waals surface area contributed by atoms with Crippen molar-refractivity contribution in [2.45, 2.75) is 51.1 Å². The molecule has 94 valence electrons. The molecule has 0 radical (unpaired) electrons. The van der Waals surface area contributed by atoms with Crippen LogP contribution >= 0.6 is 11.3 Å². The zero-order chi connectivity index (χ0) is 12.3. The molecule has 0 unspecified atom stereocenters. The van der Waals surface area contributed by atoms with Crippen LogP contribution in [-0.2, 0) is 11.3 Å². The van der Waals surface area contributed by atoms with E-state index in [1.807, 2.05) is 6.92 Å². The summed E-state index contributed by atoms with van der Waals surface area (Å²) < 4.78 is 0. The molecule has 1 aliphatic rings. The van der Waals surface area contributed by atoms with Crippen molar-refractivity contribution < 1.29 is 4.79 Å². The summed E-state index contributed by atoms with van der Waals surface area (Å²) in [6, 6.07) is 0. The van der Waals surface area contributed by atoms with Crippen molar-refractivity contribution in [2.75, 3.05) is 0 Å². The number of nitrogens with zero attached hydrogens (tertiary/aromatic N) is 1. The van der Waals surface area contributed by atoms with E-state index < -0.39 is 0 Å². The minimum Gasteiger partial charge on any atom is -0.351 e. The van der Waals surface area contributed by atoms with Crippen LogP contribution in [0.1, 0.15) is 42.7 Å². The lowest BCUT2D eigenvalue weighted by molar-refractivity contribution is -0.122. The summed E-state index contributed by atoms with van der Waals surface area (Å²) in [4.78, 5) is 17.1. The standard InChI is InChI=1S/C12H19N3OS/c1-9-10(17-8-15-9)7-14-11(16)6-12(13)4-2-3-5-12/h8H,2-7,13H2,1H3,(H,14,16). The molecule has 0 saturated heterocycles. The van der Waals surface area contributed by atoms with Gasteiger partial charge < -0.3 is 11.1 Å². The number of rotatable bonds is 4. The molecule has 0 aliphatic heterocycles. The van der Waals surface area contributed by atoms with E-state index in [2.05, 4.69) is 10.3 Å². The maximum absolute atomic E-state index is 11.8. The molecule has 0 aromatic carbocycles. The molecule has 1 amide bonds. The lowest BCUT2D eigenvalue weighted by Crippen LogP contribution is -2.41. The maximum atomic E-state index is 11.8. The van der Waals surface area contributed by atoms with E-state index in [0.717, 1.165) is 36.3 Å². The highest BCUT2D eigenvalue weighted by Crippen LogP contribution is 2.29. The Balaban J connectivity index is 1.80. The van der Waals surface area contributed by atoms with Gasteiger partial charge in [0.15, 0.2) is 0 Å². The number of nitrogens with two attached hydrogens (primary N) is 1. The van der Waals surface area contributed by atoms with Crippen LogP contribution < -0.4 is 11.1 Å². The van der Waals surface area contributed by atoms with E-state index in [-0.39, 0.29) is 11.4 Å². The lowest BCUT2D eigenvalue weighted by Gasteiger charge is -2.22. The van der Waals surface area contributed by atoms with Crippen LogP contribution in [0.25, 0.3) is 0 Å². The summed E-state index contributed by atoms with van der Waals surface area (Å²) in [5, 5.41) is 2.93. The molecule has 17 heavy (non-hydrogen) atoms. The quantitative estimate of drug-likeness (QED) is 0.858. The van der Waals surface area contributed by atoms with E-state index in [1.165, 1.54) is 0 Å². The number of hydrogen-bond donors (Lipinski definition) is 2. The van der Waals surface area contributed by atoms with Crippen molar-refractivity contribution in [3.05, 3.63) is 16.1 Å². The van der Waals surface area contributed by atoms with Crippen LogP contribution in [0.4, 0.5) is 0 Å². The zero-order valence-corrected chi connectivity index (χ0v) is 11.0. The molecule has 2 rings (SSSR count). The second kappa shape index (κ2) is 5.14. The summed E-state index contributed by atoms with van der Waals surface area (Å²) in [6.07, 6.45) is 4.69. The minimum atomic E-state index is -0.257. The van der Waals surface area contributed by atoms with E-state index in [4.69, 9.17) is 5.73 Å². The van der Waals surface area contributed by atoms with Gasteiger partial charge in [-0.3, -0.25) is 4.79 Å². The van der Waals surface area contributed by atoms with Crippen LogP contribution in [-0.4, -0.2) is 16.4 Å². The van der Waals surface area contributed by atoms with Gasteiger partial charge in [-0.2, -0.15) is 0 Å². The smallest absolute Gasteiger partial charge is 0.222 e. The Hall–Kier alpha value is -0.940. The predicted molar refractivity (Wildman–Crippen MR) is 68.7 cm³/mol. The molecular formula is C12H19N3OS. The summed E-state index contributed by atoms with van der Waals surface area (Å²) in [7, 11) is 0. The first-order valence-electron chi connectivity index (χ1n) is 6.04. The van der Waals surface area contributed by atoms with Crippen molar-refractivity contribution in [2.24, 2.45) is 5.73 Å². The third-order valence-corrected chi connectivity index (χ3v) is 4.34. The molecule has 3 N–H and O–H groups in total. The first kappa shape index (κ1) is 12.5. The van der Waals surface area contributed by atoms with Gasteiger partial charge >= 0.3 is 0 Å². The normalized spacial score (nSPS) is 18.2. The fourth-order valence-electron chi connectivity index (χ4n) is 2.31. The Labute approximate surface area is 106 Å². The maximum Gasteiger partial charge on any atom is 0.222 e. The Kier molecular flexibility index (Phi) is 3.79. The van der Waals surface area contributed by atoms with Gasteiger partial charge in [0.1, 0.15) is 0 Å². The largest absolute Gasteiger partial charge is 0.351 e. The van der Waals surface area contributed by atoms with Gasteiger partial charge in [-0.1, -0.05) is 12.8 Å². The molecule has 1 aromatic rings. The molecule has 1 fully saturated rings. The number of aryl methyl sites for hydroxylation is 1. The molecule has 1 heterocycles. The Morgan fingerprint density at radius 1 is 1.59 bits per heavy atom. The fourth-order valence-corrected chi connectivity index (χ4v) is 3.03. The third-order valence-electron chi connectivity index (χ3n) is 3.40. The highest BCUT2D eigenvalue weighted by atomic mass is 32.1. The number of aromatic nitrogens is 1. The number of carbonyl (C=O) groups is 1. The van der Waals surface area contributed by atoms with Crippen LogP contribution in [0.3, 0.4) is 0 Å². The van der Waals surface area contributed by atoms with Crippen LogP contribution in [0, 0.1) is 6.92 Å². The summed E-state index contributed by atoms with van der Waals surface area (Å²) in [6.45, 7) is 2.53. The van der Waals surface area contributed by atoms with Crippen molar-refractivity contribution in [1.82, 2.24) is 10.3 Å². The average Bonchev–Trinajstić information content (AvgIpc) is 2.85. The second-order valence-corrected chi connectivity index (χ2v) is 5.82.